The van der Waals surface area contributed by atoms with Crippen LogP contribution in [-0.4, -0.2) is 10.2 Å². The molecule has 0 unspecified atom stereocenters. The third kappa shape index (κ3) is 0.808. The van der Waals surface area contributed by atoms with Crippen molar-refractivity contribution < 1.29 is 4.39 Å². The largest absolute Gasteiger partial charge is 0.275 e. The summed E-state index contributed by atoms with van der Waals surface area (Å²) < 4.78 is 12.9. The van der Waals surface area contributed by atoms with E-state index in [9.17, 15) is 4.39 Å². The van der Waals surface area contributed by atoms with Crippen LogP contribution in [-0.2, 0) is 0 Å². The van der Waals surface area contributed by atoms with E-state index in [1.54, 1.807) is 6.07 Å². The van der Waals surface area contributed by atoms with Gasteiger partial charge in [0.05, 0.1) is 5.69 Å². The first-order valence-electron chi connectivity index (χ1n) is 3.38. The quantitative estimate of drug-likeness (QED) is 0.611. The standard InChI is InChI=1S/C8H7FN2/c1-5-6-3-2-4-7(9)8(6)11-10-5/h2-4H,1H3,(H,10,11). The zero-order chi connectivity index (χ0) is 7.84. The molecule has 1 aromatic heterocycles. The molecule has 1 aromatic carbocycles. The third-order valence-corrected chi connectivity index (χ3v) is 1.74. The van der Waals surface area contributed by atoms with E-state index in [4.69, 9.17) is 0 Å². The minimum absolute atomic E-state index is 0.247. The van der Waals surface area contributed by atoms with Crippen LogP contribution in [0.1, 0.15) is 5.69 Å². The fraction of sp³-hybridized carbons (Fsp3) is 0.125. The Labute approximate surface area is 63.0 Å². The minimum Gasteiger partial charge on any atom is -0.275 e. The lowest BCUT2D eigenvalue weighted by Gasteiger charge is -1.89. The number of aryl methyl sites for hydroxylation is 1. The molecule has 1 N–H and O–H groups in total. The molecule has 0 radical (unpaired) electrons. The van der Waals surface area contributed by atoms with E-state index in [0.29, 0.717) is 5.52 Å². The lowest BCUT2D eigenvalue weighted by atomic mass is 10.2. The SMILES string of the molecule is Cc1n[nH]c2c(F)cccc12. The van der Waals surface area contributed by atoms with Crippen molar-refractivity contribution in [3.63, 3.8) is 0 Å². The predicted octanol–water partition coefficient (Wildman–Crippen LogP) is 2.01. The molecule has 0 aliphatic rings. The van der Waals surface area contributed by atoms with Crippen LogP contribution in [0, 0.1) is 12.7 Å². The number of benzene rings is 1. The summed E-state index contributed by atoms with van der Waals surface area (Å²) in [6.45, 7) is 1.85. The van der Waals surface area contributed by atoms with Gasteiger partial charge in [-0.15, -0.1) is 0 Å². The van der Waals surface area contributed by atoms with Gasteiger partial charge in [-0.2, -0.15) is 5.10 Å². The second-order valence-corrected chi connectivity index (χ2v) is 2.47. The first-order chi connectivity index (χ1) is 5.29. The number of aromatic amines is 1. The van der Waals surface area contributed by atoms with Crippen molar-refractivity contribution >= 4 is 10.9 Å². The van der Waals surface area contributed by atoms with Crippen LogP contribution in [0.15, 0.2) is 18.2 Å². The van der Waals surface area contributed by atoms with Crippen LogP contribution in [0.4, 0.5) is 4.39 Å². The van der Waals surface area contributed by atoms with E-state index in [2.05, 4.69) is 10.2 Å². The summed E-state index contributed by atoms with van der Waals surface area (Å²) in [6, 6.07) is 4.94. The molecule has 0 saturated carbocycles. The number of para-hydroxylation sites is 1. The highest BCUT2D eigenvalue weighted by Gasteiger charge is 2.03. The highest BCUT2D eigenvalue weighted by atomic mass is 19.1. The Bertz CT molecular complexity index is 392. The van der Waals surface area contributed by atoms with E-state index < -0.39 is 0 Å². The number of aromatic nitrogens is 2. The maximum Gasteiger partial charge on any atom is 0.148 e. The molecule has 0 aliphatic carbocycles. The molecule has 0 saturated heterocycles. The van der Waals surface area contributed by atoms with Crippen LogP contribution in [0.25, 0.3) is 10.9 Å². The van der Waals surface area contributed by atoms with Crippen molar-refractivity contribution in [2.75, 3.05) is 0 Å². The number of hydrogen-bond donors (Lipinski definition) is 1. The molecule has 0 fully saturated rings. The minimum atomic E-state index is -0.247. The van der Waals surface area contributed by atoms with Gasteiger partial charge in [-0.25, -0.2) is 4.39 Å². The van der Waals surface area contributed by atoms with Gasteiger partial charge in [-0.3, -0.25) is 5.10 Å². The molecule has 2 nitrogen and oxygen atoms in total. The number of rotatable bonds is 0. The summed E-state index contributed by atoms with van der Waals surface area (Å²) in [7, 11) is 0. The molecule has 2 aromatic rings. The lowest BCUT2D eigenvalue weighted by molar-refractivity contribution is 0.636. The number of halogens is 1. The molecule has 0 atom stereocenters. The number of nitrogens with one attached hydrogen (secondary N) is 1. The molecule has 56 valence electrons. The van der Waals surface area contributed by atoms with Crippen molar-refractivity contribution in [3.8, 4) is 0 Å². The zero-order valence-electron chi connectivity index (χ0n) is 6.06. The maximum atomic E-state index is 12.9. The molecule has 2 rings (SSSR count). The lowest BCUT2D eigenvalue weighted by Crippen LogP contribution is -1.75. The Hall–Kier alpha value is -1.38. The van der Waals surface area contributed by atoms with Crippen LogP contribution in [0.2, 0.25) is 0 Å². The molecular weight excluding hydrogens is 143 g/mol. The summed E-state index contributed by atoms with van der Waals surface area (Å²) in [5.74, 6) is -0.247. The fourth-order valence-corrected chi connectivity index (χ4v) is 1.14. The molecule has 11 heavy (non-hydrogen) atoms. The zero-order valence-corrected chi connectivity index (χ0v) is 6.06. The normalized spacial score (nSPS) is 10.7. The summed E-state index contributed by atoms with van der Waals surface area (Å²) in [5.41, 5.74) is 1.32. The van der Waals surface area contributed by atoms with Crippen molar-refractivity contribution in [2.45, 2.75) is 6.92 Å². The number of hydrogen-bond acceptors (Lipinski definition) is 1. The summed E-state index contributed by atoms with van der Waals surface area (Å²) in [5, 5.41) is 7.37. The molecule has 1 heterocycles. The van der Waals surface area contributed by atoms with Gasteiger partial charge >= 0.3 is 0 Å². The highest BCUT2D eigenvalue weighted by molar-refractivity contribution is 5.81. The van der Waals surface area contributed by atoms with E-state index in [-0.39, 0.29) is 5.82 Å². The number of nitrogens with zero attached hydrogens (tertiary/aromatic N) is 1. The van der Waals surface area contributed by atoms with Crippen LogP contribution < -0.4 is 0 Å². The fourth-order valence-electron chi connectivity index (χ4n) is 1.14. The third-order valence-electron chi connectivity index (χ3n) is 1.74. The van der Waals surface area contributed by atoms with Crippen LogP contribution in [0.5, 0.6) is 0 Å². The van der Waals surface area contributed by atoms with Gasteiger partial charge in [0.1, 0.15) is 11.3 Å². The van der Waals surface area contributed by atoms with Crippen LogP contribution in [0.3, 0.4) is 0 Å². The average molecular weight is 150 g/mol. The van der Waals surface area contributed by atoms with Crippen LogP contribution >= 0.6 is 0 Å². The van der Waals surface area contributed by atoms with E-state index >= 15 is 0 Å². The topological polar surface area (TPSA) is 28.7 Å². The second-order valence-electron chi connectivity index (χ2n) is 2.47. The van der Waals surface area contributed by atoms with Gasteiger partial charge in [-0.1, -0.05) is 12.1 Å². The van der Waals surface area contributed by atoms with Gasteiger partial charge in [-0.05, 0) is 13.0 Å². The smallest absolute Gasteiger partial charge is 0.148 e. The first-order valence-corrected chi connectivity index (χ1v) is 3.38. The molecule has 0 bridgehead atoms. The average Bonchev–Trinajstić information content (AvgIpc) is 2.35. The maximum absolute atomic E-state index is 12.9. The van der Waals surface area contributed by atoms with Crippen molar-refractivity contribution in [1.82, 2.24) is 10.2 Å². The van der Waals surface area contributed by atoms with Gasteiger partial charge < -0.3 is 0 Å². The van der Waals surface area contributed by atoms with E-state index in [1.807, 2.05) is 13.0 Å². The Morgan fingerprint density at radius 3 is 3.00 bits per heavy atom. The highest BCUT2D eigenvalue weighted by Crippen LogP contribution is 2.16. The molecule has 3 heteroatoms. The van der Waals surface area contributed by atoms with Crippen molar-refractivity contribution in [3.05, 3.63) is 29.7 Å². The summed E-state index contributed by atoms with van der Waals surface area (Å²) in [6.07, 6.45) is 0. The van der Waals surface area contributed by atoms with E-state index in [0.717, 1.165) is 11.1 Å². The van der Waals surface area contributed by atoms with Gasteiger partial charge in [0, 0.05) is 5.39 Å². The van der Waals surface area contributed by atoms with Gasteiger partial charge in [0.15, 0.2) is 0 Å². The first kappa shape index (κ1) is 6.34. The number of H-pyrrole nitrogens is 1. The molecule has 0 spiro atoms. The Balaban J connectivity index is 2.94. The van der Waals surface area contributed by atoms with Crippen molar-refractivity contribution in [2.24, 2.45) is 0 Å². The molecule has 0 amide bonds. The summed E-state index contributed by atoms with van der Waals surface area (Å²) in [4.78, 5) is 0. The second kappa shape index (κ2) is 2.05. The van der Waals surface area contributed by atoms with E-state index in [1.165, 1.54) is 6.07 Å². The Morgan fingerprint density at radius 2 is 2.27 bits per heavy atom. The predicted molar refractivity (Wildman–Crippen MR) is 40.8 cm³/mol. The Morgan fingerprint density at radius 1 is 1.45 bits per heavy atom. The Kier molecular flexibility index (Phi) is 1.18. The van der Waals surface area contributed by atoms with Gasteiger partial charge in [0.25, 0.3) is 0 Å². The van der Waals surface area contributed by atoms with Gasteiger partial charge in [0.2, 0.25) is 0 Å². The van der Waals surface area contributed by atoms with Crippen molar-refractivity contribution in [1.29, 1.82) is 0 Å². The number of fused-ring (bicyclic) bond motifs is 1. The molecular formula is C8H7FN2. The monoisotopic (exact) mass is 150 g/mol. The molecule has 0 aliphatic heterocycles. The summed E-state index contributed by atoms with van der Waals surface area (Å²) >= 11 is 0.